The second-order valence-electron chi connectivity index (χ2n) is 6.64. The fourth-order valence-electron chi connectivity index (χ4n) is 2.59. The third-order valence-corrected chi connectivity index (χ3v) is 3.87. The Hall–Kier alpha value is -0.610. The maximum Gasteiger partial charge on any atom is 0.327 e. The number of hydrogen-bond donors (Lipinski definition) is 1. The first-order valence-electron chi connectivity index (χ1n) is 7.35. The van der Waals surface area contributed by atoms with Gasteiger partial charge in [-0.1, -0.05) is 13.8 Å². The number of nitrogens with zero attached hydrogens (tertiary/aromatic N) is 1. The highest BCUT2D eigenvalue weighted by atomic mass is 16.5. The number of nitrogens with one attached hydrogen (secondary N) is 1. The lowest BCUT2D eigenvalue weighted by molar-refractivity contribution is -0.149. The zero-order valence-electron chi connectivity index (χ0n) is 13.3. The molecule has 1 aliphatic carbocycles. The quantitative estimate of drug-likeness (QED) is 0.685. The highest BCUT2D eigenvalue weighted by Gasteiger charge is 2.40. The minimum absolute atomic E-state index is 0.164. The Morgan fingerprint density at radius 1 is 1.42 bits per heavy atom. The minimum Gasteiger partial charge on any atom is -0.468 e. The van der Waals surface area contributed by atoms with E-state index in [1.54, 1.807) is 0 Å². The second kappa shape index (κ2) is 6.71. The Morgan fingerprint density at radius 2 is 2.00 bits per heavy atom. The number of ether oxygens (including phenoxy) is 1. The SMILES string of the molecule is COC(=O)C(C)(CN(C)C(C)CC(C)C)NC1CC1. The summed E-state index contributed by atoms with van der Waals surface area (Å²) < 4.78 is 4.98. The topological polar surface area (TPSA) is 41.6 Å². The minimum atomic E-state index is -0.601. The van der Waals surface area contributed by atoms with E-state index < -0.39 is 5.54 Å². The molecule has 1 saturated carbocycles. The van der Waals surface area contributed by atoms with Crippen molar-refractivity contribution < 1.29 is 9.53 Å². The predicted molar refractivity (Wildman–Crippen MR) is 78.1 cm³/mol. The smallest absolute Gasteiger partial charge is 0.327 e. The normalized spacial score (nSPS) is 20.4. The molecule has 1 rings (SSSR count). The molecule has 0 saturated heterocycles. The molecule has 19 heavy (non-hydrogen) atoms. The lowest BCUT2D eigenvalue weighted by Crippen LogP contribution is -2.58. The molecule has 0 spiro atoms. The van der Waals surface area contributed by atoms with Crippen LogP contribution in [0, 0.1) is 5.92 Å². The Morgan fingerprint density at radius 3 is 2.42 bits per heavy atom. The van der Waals surface area contributed by atoms with E-state index in [-0.39, 0.29) is 5.97 Å². The van der Waals surface area contributed by atoms with Crippen LogP contribution in [0.4, 0.5) is 0 Å². The van der Waals surface area contributed by atoms with Gasteiger partial charge in [0.2, 0.25) is 0 Å². The van der Waals surface area contributed by atoms with Gasteiger partial charge in [0.05, 0.1) is 7.11 Å². The van der Waals surface area contributed by atoms with Crippen molar-refractivity contribution in [3.63, 3.8) is 0 Å². The van der Waals surface area contributed by atoms with Gasteiger partial charge in [0.1, 0.15) is 5.54 Å². The molecule has 1 aliphatic rings. The monoisotopic (exact) mass is 270 g/mol. The molecule has 112 valence electrons. The van der Waals surface area contributed by atoms with Crippen molar-refractivity contribution in [2.75, 3.05) is 20.7 Å². The summed E-state index contributed by atoms with van der Waals surface area (Å²) >= 11 is 0. The van der Waals surface area contributed by atoms with E-state index in [0.717, 1.165) is 19.3 Å². The fraction of sp³-hybridized carbons (Fsp3) is 0.933. The van der Waals surface area contributed by atoms with E-state index in [1.807, 2.05) is 6.92 Å². The lowest BCUT2D eigenvalue weighted by Gasteiger charge is -2.35. The molecule has 0 radical (unpaired) electrons. The van der Waals surface area contributed by atoms with Crippen LogP contribution in [0.25, 0.3) is 0 Å². The van der Waals surface area contributed by atoms with Crippen molar-refractivity contribution in [3.8, 4) is 0 Å². The average Bonchev–Trinajstić information content (AvgIpc) is 3.10. The highest BCUT2D eigenvalue weighted by molar-refractivity contribution is 5.80. The summed E-state index contributed by atoms with van der Waals surface area (Å²) in [6.45, 7) is 9.31. The van der Waals surface area contributed by atoms with E-state index in [2.05, 4.69) is 38.0 Å². The summed E-state index contributed by atoms with van der Waals surface area (Å²) in [6, 6.07) is 0.947. The molecular weight excluding hydrogens is 240 g/mol. The molecule has 2 unspecified atom stereocenters. The molecule has 0 amide bonds. The third-order valence-electron chi connectivity index (χ3n) is 3.87. The van der Waals surface area contributed by atoms with Crippen LogP contribution in [0.5, 0.6) is 0 Å². The van der Waals surface area contributed by atoms with Gasteiger partial charge in [-0.3, -0.25) is 10.1 Å². The zero-order chi connectivity index (χ0) is 14.6. The van der Waals surface area contributed by atoms with Gasteiger partial charge in [0, 0.05) is 18.6 Å². The maximum absolute atomic E-state index is 12.1. The number of esters is 1. The second-order valence-corrected chi connectivity index (χ2v) is 6.64. The summed E-state index contributed by atoms with van der Waals surface area (Å²) in [5, 5.41) is 3.44. The van der Waals surface area contributed by atoms with E-state index in [1.165, 1.54) is 7.11 Å². The van der Waals surface area contributed by atoms with E-state index in [4.69, 9.17) is 4.74 Å². The number of likely N-dealkylation sites (N-methyl/N-ethyl adjacent to an activating group) is 1. The molecule has 4 heteroatoms. The Bertz CT molecular complexity index is 303. The van der Waals surface area contributed by atoms with Gasteiger partial charge in [0.15, 0.2) is 0 Å². The van der Waals surface area contributed by atoms with Crippen molar-refractivity contribution in [2.45, 2.75) is 64.6 Å². The molecule has 0 aliphatic heterocycles. The molecule has 1 N–H and O–H groups in total. The number of carbonyl (C=O) groups excluding carboxylic acids is 1. The number of methoxy groups -OCH3 is 1. The number of hydrogen-bond acceptors (Lipinski definition) is 4. The first-order chi connectivity index (χ1) is 8.78. The zero-order valence-corrected chi connectivity index (χ0v) is 13.3. The summed E-state index contributed by atoms with van der Waals surface area (Å²) in [5.41, 5.74) is -0.601. The van der Waals surface area contributed by atoms with Gasteiger partial charge in [-0.15, -0.1) is 0 Å². The van der Waals surface area contributed by atoms with E-state index in [9.17, 15) is 4.79 Å². The van der Waals surface area contributed by atoms with E-state index in [0.29, 0.717) is 24.5 Å². The summed E-state index contributed by atoms with van der Waals surface area (Å²) in [4.78, 5) is 14.3. The molecule has 4 nitrogen and oxygen atoms in total. The average molecular weight is 270 g/mol. The number of carbonyl (C=O) groups is 1. The molecule has 0 heterocycles. The molecular formula is C15H30N2O2. The van der Waals surface area contributed by atoms with Crippen molar-refractivity contribution >= 4 is 5.97 Å². The molecule has 0 aromatic carbocycles. The van der Waals surface area contributed by atoms with Gasteiger partial charge in [-0.2, -0.15) is 0 Å². The van der Waals surface area contributed by atoms with Crippen molar-refractivity contribution in [1.82, 2.24) is 10.2 Å². The molecule has 0 bridgehead atoms. The van der Waals surface area contributed by atoms with Crippen LogP contribution in [-0.2, 0) is 9.53 Å². The van der Waals surface area contributed by atoms with Crippen LogP contribution in [-0.4, -0.2) is 49.2 Å². The standard InChI is InChI=1S/C15H30N2O2/c1-11(2)9-12(3)17(5)10-15(4,14(18)19-6)16-13-7-8-13/h11-13,16H,7-10H2,1-6H3. The Labute approximate surface area is 117 Å². The predicted octanol–water partition coefficient (Wildman–Crippen LogP) is 2.04. The van der Waals surface area contributed by atoms with Crippen LogP contribution in [0.2, 0.25) is 0 Å². The lowest BCUT2D eigenvalue weighted by atomic mass is 9.98. The van der Waals surface area contributed by atoms with Gasteiger partial charge < -0.3 is 9.64 Å². The first kappa shape index (κ1) is 16.4. The van der Waals surface area contributed by atoms with Gasteiger partial charge in [-0.05, 0) is 46.1 Å². The van der Waals surface area contributed by atoms with Crippen LogP contribution in [0.3, 0.4) is 0 Å². The van der Waals surface area contributed by atoms with Gasteiger partial charge in [-0.25, -0.2) is 0 Å². The van der Waals surface area contributed by atoms with Crippen LogP contribution >= 0.6 is 0 Å². The highest BCUT2D eigenvalue weighted by Crippen LogP contribution is 2.24. The van der Waals surface area contributed by atoms with Crippen LogP contribution in [0.15, 0.2) is 0 Å². The fourth-order valence-corrected chi connectivity index (χ4v) is 2.59. The number of rotatable bonds is 8. The van der Waals surface area contributed by atoms with Crippen molar-refractivity contribution in [3.05, 3.63) is 0 Å². The molecule has 0 aromatic heterocycles. The van der Waals surface area contributed by atoms with Crippen molar-refractivity contribution in [2.24, 2.45) is 5.92 Å². The molecule has 0 aromatic rings. The summed E-state index contributed by atoms with van der Waals surface area (Å²) in [7, 11) is 3.55. The Kier molecular flexibility index (Phi) is 5.81. The molecule has 1 fully saturated rings. The third kappa shape index (κ3) is 5.11. The maximum atomic E-state index is 12.1. The van der Waals surface area contributed by atoms with E-state index >= 15 is 0 Å². The summed E-state index contributed by atoms with van der Waals surface area (Å²) in [5.74, 6) is 0.501. The van der Waals surface area contributed by atoms with Gasteiger partial charge in [0.25, 0.3) is 0 Å². The molecule has 2 atom stereocenters. The first-order valence-corrected chi connectivity index (χ1v) is 7.35. The largest absolute Gasteiger partial charge is 0.468 e. The van der Waals surface area contributed by atoms with Gasteiger partial charge >= 0.3 is 5.97 Å². The van der Waals surface area contributed by atoms with Crippen molar-refractivity contribution in [1.29, 1.82) is 0 Å². The van der Waals surface area contributed by atoms with Crippen LogP contribution < -0.4 is 5.32 Å². The summed E-state index contributed by atoms with van der Waals surface area (Å²) in [6.07, 6.45) is 3.47. The Balaban J connectivity index is 2.62. The van der Waals surface area contributed by atoms with Crippen LogP contribution in [0.1, 0.15) is 47.0 Å².